The van der Waals surface area contributed by atoms with Crippen LogP contribution in [0.25, 0.3) is 0 Å². The molecule has 0 spiro atoms. The molecule has 1 amide bonds. The first-order chi connectivity index (χ1) is 10.6. The van der Waals surface area contributed by atoms with Crippen LogP contribution in [0, 0.1) is 20.8 Å². The van der Waals surface area contributed by atoms with Gasteiger partial charge in [-0.1, -0.05) is 48.0 Å². The fourth-order valence-electron chi connectivity index (χ4n) is 2.64. The fraction of sp³-hybridized carbons (Fsp3) is 0.316. The number of aryl methyl sites for hydroxylation is 3. The third kappa shape index (κ3) is 4.62. The maximum Gasteiger partial charge on any atom is 0.222 e. The summed E-state index contributed by atoms with van der Waals surface area (Å²) in [6.07, 6.45) is 0.472. The number of hydrogen-bond donors (Lipinski definition) is 2. The summed E-state index contributed by atoms with van der Waals surface area (Å²) in [6.45, 7) is 7.52. The average Bonchev–Trinajstić information content (AvgIpc) is 2.49. The van der Waals surface area contributed by atoms with Gasteiger partial charge in [-0.05, 0) is 37.5 Å². The smallest absolute Gasteiger partial charge is 0.222 e. The van der Waals surface area contributed by atoms with E-state index in [0.717, 1.165) is 11.3 Å². The average molecular weight is 296 g/mol. The van der Waals surface area contributed by atoms with Gasteiger partial charge in [-0.25, -0.2) is 0 Å². The summed E-state index contributed by atoms with van der Waals surface area (Å²) in [5, 5.41) is 6.32. The molecule has 0 saturated carbocycles. The predicted octanol–water partition coefficient (Wildman–Crippen LogP) is 3.73. The lowest BCUT2D eigenvalue weighted by Crippen LogP contribution is -2.25. The molecule has 3 nitrogen and oxygen atoms in total. The lowest BCUT2D eigenvalue weighted by molar-refractivity contribution is -0.121. The molecule has 2 rings (SSSR count). The van der Waals surface area contributed by atoms with E-state index in [4.69, 9.17) is 0 Å². The second-order valence-electron chi connectivity index (χ2n) is 5.71. The molecular formula is C19H24N2O. The molecule has 0 atom stereocenters. The number of rotatable bonds is 6. The van der Waals surface area contributed by atoms with Crippen LogP contribution in [0.2, 0.25) is 0 Å². The molecule has 0 unspecified atom stereocenters. The highest BCUT2D eigenvalue weighted by molar-refractivity contribution is 5.76. The van der Waals surface area contributed by atoms with Gasteiger partial charge in [0, 0.05) is 25.2 Å². The van der Waals surface area contributed by atoms with Crippen molar-refractivity contribution in [2.24, 2.45) is 0 Å². The molecule has 22 heavy (non-hydrogen) atoms. The number of benzene rings is 2. The van der Waals surface area contributed by atoms with E-state index >= 15 is 0 Å². The van der Waals surface area contributed by atoms with E-state index in [0.29, 0.717) is 19.5 Å². The summed E-state index contributed by atoms with van der Waals surface area (Å²) >= 11 is 0. The Labute approximate surface area is 132 Å². The molecule has 0 radical (unpaired) electrons. The minimum atomic E-state index is 0.0683. The normalized spacial score (nSPS) is 10.3. The number of carbonyl (C=O) groups is 1. The highest BCUT2D eigenvalue weighted by Crippen LogP contribution is 2.21. The van der Waals surface area contributed by atoms with Gasteiger partial charge >= 0.3 is 0 Å². The maximum atomic E-state index is 11.9. The molecule has 2 N–H and O–H groups in total. The van der Waals surface area contributed by atoms with Gasteiger partial charge in [-0.3, -0.25) is 4.79 Å². The Bertz CT molecular complexity index is 612. The second kappa shape index (κ2) is 7.64. The van der Waals surface area contributed by atoms with Crippen molar-refractivity contribution in [3.05, 3.63) is 64.7 Å². The van der Waals surface area contributed by atoms with Gasteiger partial charge < -0.3 is 10.6 Å². The van der Waals surface area contributed by atoms with Crippen molar-refractivity contribution >= 4 is 11.6 Å². The van der Waals surface area contributed by atoms with Crippen LogP contribution in [0.1, 0.15) is 28.7 Å². The molecular weight excluding hydrogens is 272 g/mol. The number of amides is 1. The second-order valence-corrected chi connectivity index (χ2v) is 5.71. The molecule has 0 saturated heterocycles. The van der Waals surface area contributed by atoms with E-state index in [2.05, 4.69) is 43.5 Å². The van der Waals surface area contributed by atoms with Crippen molar-refractivity contribution in [2.45, 2.75) is 33.7 Å². The highest BCUT2D eigenvalue weighted by Gasteiger charge is 2.05. The Morgan fingerprint density at radius 1 is 1.00 bits per heavy atom. The van der Waals surface area contributed by atoms with Crippen molar-refractivity contribution in [2.75, 3.05) is 11.9 Å². The van der Waals surface area contributed by atoms with Crippen LogP contribution >= 0.6 is 0 Å². The third-order valence-electron chi connectivity index (χ3n) is 3.66. The zero-order valence-corrected chi connectivity index (χ0v) is 13.6. The molecule has 0 aliphatic carbocycles. The molecule has 2 aromatic rings. The molecule has 0 aliphatic heterocycles. The molecule has 0 fully saturated rings. The standard InChI is InChI=1S/C19H24N2O/c1-14-11-15(2)19(16(3)12-14)20-10-9-18(22)21-13-17-7-5-4-6-8-17/h4-8,11-12,20H,9-10,13H2,1-3H3,(H,21,22). The van der Waals surface area contributed by atoms with Gasteiger partial charge in [-0.15, -0.1) is 0 Å². The Balaban J connectivity index is 1.78. The van der Waals surface area contributed by atoms with Gasteiger partial charge in [0.2, 0.25) is 5.91 Å². The third-order valence-corrected chi connectivity index (χ3v) is 3.66. The van der Waals surface area contributed by atoms with Crippen molar-refractivity contribution in [3.63, 3.8) is 0 Å². The Kier molecular flexibility index (Phi) is 5.59. The van der Waals surface area contributed by atoms with E-state index in [-0.39, 0.29) is 5.91 Å². The van der Waals surface area contributed by atoms with Gasteiger partial charge in [-0.2, -0.15) is 0 Å². The van der Waals surface area contributed by atoms with Crippen LogP contribution in [-0.2, 0) is 11.3 Å². The lowest BCUT2D eigenvalue weighted by atomic mass is 10.1. The minimum Gasteiger partial charge on any atom is -0.384 e. The molecule has 116 valence electrons. The van der Waals surface area contributed by atoms with Crippen LogP contribution < -0.4 is 10.6 Å². The summed E-state index contributed by atoms with van der Waals surface area (Å²) in [6, 6.07) is 14.3. The maximum absolute atomic E-state index is 11.9. The van der Waals surface area contributed by atoms with Crippen LogP contribution in [0.15, 0.2) is 42.5 Å². The minimum absolute atomic E-state index is 0.0683. The first-order valence-electron chi connectivity index (χ1n) is 7.68. The summed E-state index contributed by atoms with van der Waals surface area (Å²) in [4.78, 5) is 11.9. The molecule has 0 bridgehead atoms. The van der Waals surface area contributed by atoms with Crippen molar-refractivity contribution in [1.82, 2.24) is 5.32 Å². The van der Waals surface area contributed by atoms with Crippen LogP contribution in [0.5, 0.6) is 0 Å². The monoisotopic (exact) mass is 296 g/mol. The molecule has 0 heterocycles. The predicted molar refractivity (Wildman–Crippen MR) is 92.0 cm³/mol. The summed E-state index contributed by atoms with van der Waals surface area (Å²) in [5.74, 6) is 0.0683. The number of nitrogens with one attached hydrogen (secondary N) is 2. The first-order valence-corrected chi connectivity index (χ1v) is 7.68. The van der Waals surface area contributed by atoms with E-state index in [1.165, 1.54) is 16.7 Å². The number of carbonyl (C=O) groups excluding carboxylic acids is 1. The van der Waals surface area contributed by atoms with Gasteiger partial charge in [0.15, 0.2) is 0 Å². The summed E-state index contributed by atoms with van der Waals surface area (Å²) in [7, 11) is 0. The van der Waals surface area contributed by atoms with E-state index in [1.807, 2.05) is 30.3 Å². The molecule has 3 heteroatoms. The topological polar surface area (TPSA) is 41.1 Å². The lowest BCUT2D eigenvalue weighted by Gasteiger charge is -2.13. The van der Waals surface area contributed by atoms with Crippen molar-refractivity contribution < 1.29 is 4.79 Å². The quantitative estimate of drug-likeness (QED) is 0.853. The van der Waals surface area contributed by atoms with E-state index in [1.54, 1.807) is 0 Å². The Hall–Kier alpha value is -2.29. The van der Waals surface area contributed by atoms with Gasteiger partial charge in [0.25, 0.3) is 0 Å². The number of anilines is 1. The summed E-state index contributed by atoms with van der Waals surface area (Å²) < 4.78 is 0. The zero-order valence-electron chi connectivity index (χ0n) is 13.6. The Morgan fingerprint density at radius 2 is 1.64 bits per heavy atom. The molecule has 0 aromatic heterocycles. The van der Waals surface area contributed by atoms with Gasteiger partial charge in [0.05, 0.1) is 0 Å². The van der Waals surface area contributed by atoms with Crippen LogP contribution in [0.4, 0.5) is 5.69 Å². The Morgan fingerprint density at radius 3 is 2.27 bits per heavy atom. The molecule has 0 aliphatic rings. The largest absolute Gasteiger partial charge is 0.384 e. The highest BCUT2D eigenvalue weighted by atomic mass is 16.1. The van der Waals surface area contributed by atoms with Crippen molar-refractivity contribution in [3.8, 4) is 0 Å². The zero-order chi connectivity index (χ0) is 15.9. The number of hydrogen-bond acceptors (Lipinski definition) is 2. The van der Waals surface area contributed by atoms with Gasteiger partial charge in [0.1, 0.15) is 0 Å². The van der Waals surface area contributed by atoms with Crippen LogP contribution in [-0.4, -0.2) is 12.5 Å². The van der Waals surface area contributed by atoms with Crippen LogP contribution in [0.3, 0.4) is 0 Å². The van der Waals surface area contributed by atoms with E-state index < -0.39 is 0 Å². The fourth-order valence-corrected chi connectivity index (χ4v) is 2.64. The SMILES string of the molecule is Cc1cc(C)c(NCCC(=O)NCc2ccccc2)c(C)c1. The van der Waals surface area contributed by atoms with Crippen molar-refractivity contribution in [1.29, 1.82) is 0 Å². The summed E-state index contributed by atoms with van der Waals surface area (Å²) in [5.41, 5.74) is 5.97. The first kappa shape index (κ1) is 16.1. The molecule has 2 aromatic carbocycles. The van der Waals surface area contributed by atoms with E-state index in [9.17, 15) is 4.79 Å².